The Morgan fingerprint density at radius 1 is 1.03 bits per heavy atom. The van der Waals surface area contributed by atoms with Crippen LogP contribution >= 0.6 is 0 Å². The fraction of sp³-hybridized carbons (Fsp3) is 0.286. The Bertz CT molecular complexity index is 1320. The number of amides is 1. The van der Waals surface area contributed by atoms with E-state index in [-0.39, 0.29) is 17.6 Å². The van der Waals surface area contributed by atoms with Crippen LogP contribution in [-0.4, -0.2) is 33.4 Å². The van der Waals surface area contributed by atoms with Gasteiger partial charge in [-0.2, -0.15) is 0 Å². The number of hydrogen-bond acceptors (Lipinski definition) is 3. The zero-order chi connectivity index (χ0) is 23.7. The van der Waals surface area contributed by atoms with Crippen LogP contribution in [0, 0.1) is 25.6 Å². The van der Waals surface area contributed by atoms with Crippen LogP contribution in [0.1, 0.15) is 29.8 Å². The molecule has 0 bridgehead atoms. The van der Waals surface area contributed by atoms with E-state index in [1.54, 1.807) is 12.1 Å². The SMILES string of the molecule is Cc1ccc(NC(=O)C2CCN(Cc3nc4ccccc4n3-c3ccc(F)cc3)CC2)c(C)c1. The number of aryl methyl sites for hydroxylation is 2. The van der Waals surface area contributed by atoms with E-state index < -0.39 is 0 Å². The summed E-state index contributed by atoms with van der Waals surface area (Å²) in [5.41, 5.74) is 6.00. The third-order valence-electron chi connectivity index (χ3n) is 6.68. The third kappa shape index (κ3) is 4.59. The van der Waals surface area contributed by atoms with E-state index in [0.29, 0.717) is 6.54 Å². The van der Waals surface area contributed by atoms with Crippen molar-refractivity contribution in [2.75, 3.05) is 18.4 Å². The Kier molecular flexibility index (Phi) is 6.16. The summed E-state index contributed by atoms with van der Waals surface area (Å²) in [5, 5.41) is 3.12. The van der Waals surface area contributed by atoms with Gasteiger partial charge in [-0.25, -0.2) is 9.37 Å². The standard InChI is InChI=1S/C28H29FN4O/c1-19-7-12-24(20(2)17-19)31-28(34)21-13-15-32(16-14-21)18-27-30-25-5-3-4-6-26(25)33(27)23-10-8-22(29)9-11-23/h3-12,17,21H,13-16,18H2,1-2H3,(H,31,34). The Morgan fingerprint density at radius 3 is 2.50 bits per heavy atom. The number of halogens is 1. The van der Waals surface area contributed by atoms with Crippen molar-refractivity contribution in [1.29, 1.82) is 0 Å². The number of rotatable bonds is 5. The van der Waals surface area contributed by atoms with E-state index in [9.17, 15) is 9.18 Å². The number of para-hydroxylation sites is 2. The van der Waals surface area contributed by atoms with Gasteiger partial charge in [0.2, 0.25) is 5.91 Å². The van der Waals surface area contributed by atoms with Gasteiger partial charge in [0.25, 0.3) is 0 Å². The Morgan fingerprint density at radius 2 is 1.76 bits per heavy atom. The quantitative estimate of drug-likeness (QED) is 0.423. The first-order valence-corrected chi connectivity index (χ1v) is 11.8. The summed E-state index contributed by atoms with van der Waals surface area (Å²) in [6.45, 7) is 6.42. The Hall–Kier alpha value is -3.51. The van der Waals surface area contributed by atoms with E-state index in [1.807, 2.05) is 43.3 Å². The number of imidazole rings is 1. The van der Waals surface area contributed by atoms with E-state index in [4.69, 9.17) is 4.98 Å². The van der Waals surface area contributed by atoms with Gasteiger partial charge in [0.15, 0.2) is 0 Å². The van der Waals surface area contributed by atoms with Crippen LogP contribution in [0.2, 0.25) is 0 Å². The molecule has 1 aliphatic heterocycles. The van der Waals surface area contributed by atoms with Crippen molar-refractivity contribution in [1.82, 2.24) is 14.5 Å². The van der Waals surface area contributed by atoms with Gasteiger partial charge < -0.3 is 5.32 Å². The van der Waals surface area contributed by atoms with E-state index in [2.05, 4.69) is 27.8 Å². The first-order valence-electron chi connectivity index (χ1n) is 11.8. The molecule has 6 heteroatoms. The maximum Gasteiger partial charge on any atom is 0.227 e. The lowest BCUT2D eigenvalue weighted by atomic mass is 9.95. The van der Waals surface area contributed by atoms with Gasteiger partial charge in [-0.3, -0.25) is 14.3 Å². The maximum atomic E-state index is 13.5. The van der Waals surface area contributed by atoms with Gasteiger partial charge in [0.05, 0.1) is 17.6 Å². The van der Waals surface area contributed by atoms with Crippen molar-refractivity contribution in [3.8, 4) is 5.69 Å². The van der Waals surface area contributed by atoms with Crippen LogP contribution in [0.3, 0.4) is 0 Å². The molecule has 174 valence electrons. The van der Waals surface area contributed by atoms with E-state index in [1.165, 1.54) is 17.7 Å². The number of likely N-dealkylation sites (tertiary alicyclic amines) is 1. The molecule has 4 aromatic rings. The summed E-state index contributed by atoms with van der Waals surface area (Å²) in [4.78, 5) is 20.1. The predicted octanol–water partition coefficient (Wildman–Crippen LogP) is 5.63. The van der Waals surface area contributed by atoms with Crippen LogP contribution < -0.4 is 5.32 Å². The number of hydrogen-bond donors (Lipinski definition) is 1. The average Bonchev–Trinajstić information content (AvgIpc) is 3.19. The molecule has 0 unspecified atom stereocenters. The lowest BCUT2D eigenvalue weighted by Gasteiger charge is -2.31. The topological polar surface area (TPSA) is 50.2 Å². The summed E-state index contributed by atoms with van der Waals surface area (Å²) >= 11 is 0. The first kappa shape index (κ1) is 22.3. The second-order valence-corrected chi connectivity index (χ2v) is 9.19. The maximum absolute atomic E-state index is 13.5. The minimum Gasteiger partial charge on any atom is -0.326 e. The molecule has 5 nitrogen and oxygen atoms in total. The predicted molar refractivity (Wildman–Crippen MR) is 134 cm³/mol. The molecule has 0 aliphatic carbocycles. The number of anilines is 1. The molecule has 1 fully saturated rings. The Labute approximate surface area is 199 Å². The number of aromatic nitrogens is 2. The summed E-state index contributed by atoms with van der Waals surface area (Å²) in [5.74, 6) is 0.778. The summed E-state index contributed by atoms with van der Waals surface area (Å²) in [6.07, 6.45) is 1.63. The molecule has 1 aromatic heterocycles. The monoisotopic (exact) mass is 456 g/mol. The second kappa shape index (κ2) is 9.39. The molecule has 5 rings (SSSR count). The number of benzene rings is 3. The Balaban J connectivity index is 1.28. The number of piperidine rings is 1. The molecular formula is C28H29FN4O. The number of carbonyl (C=O) groups is 1. The van der Waals surface area contributed by atoms with Crippen molar-refractivity contribution >= 4 is 22.6 Å². The fourth-order valence-electron chi connectivity index (χ4n) is 4.80. The third-order valence-corrected chi connectivity index (χ3v) is 6.68. The highest BCUT2D eigenvalue weighted by atomic mass is 19.1. The molecule has 34 heavy (non-hydrogen) atoms. The number of carbonyl (C=O) groups excluding carboxylic acids is 1. The number of nitrogens with zero attached hydrogens (tertiary/aromatic N) is 3. The number of nitrogens with one attached hydrogen (secondary N) is 1. The molecule has 1 saturated heterocycles. The highest BCUT2D eigenvalue weighted by Crippen LogP contribution is 2.26. The molecule has 0 spiro atoms. The van der Waals surface area contributed by atoms with Crippen molar-refractivity contribution in [2.24, 2.45) is 5.92 Å². The molecule has 0 saturated carbocycles. The molecule has 3 aromatic carbocycles. The lowest BCUT2D eigenvalue weighted by molar-refractivity contribution is -0.121. The van der Waals surface area contributed by atoms with Crippen LogP contribution in [0.15, 0.2) is 66.7 Å². The zero-order valence-corrected chi connectivity index (χ0v) is 19.6. The zero-order valence-electron chi connectivity index (χ0n) is 19.6. The largest absolute Gasteiger partial charge is 0.326 e. The fourth-order valence-corrected chi connectivity index (χ4v) is 4.80. The minimum atomic E-state index is -0.254. The van der Waals surface area contributed by atoms with Gasteiger partial charge in [-0.15, -0.1) is 0 Å². The summed E-state index contributed by atoms with van der Waals surface area (Å²) in [6, 6.07) is 20.7. The van der Waals surface area contributed by atoms with Gasteiger partial charge in [0, 0.05) is 17.3 Å². The molecule has 1 amide bonds. The molecule has 2 heterocycles. The van der Waals surface area contributed by atoms with Crippen molar-refractivity contribution in [2.45, 2.75) is 33.2 Å². The van der Waals surface area contributed by atoms with Crippen LogP contribution in [0.25, 0.3) is 16.7 Å². The summed E-state index contributed by atoms with van der Waals surface area (Å²) in [7, 11) is 0. The highest BCUT2D eigenvalue weighted by Gasteiger charge is 2.26. The average molecular weight is 457 g/mol. The van der Waals surface area contributed by atoms with Crippen molar-refractivity contribution < 1.29 is 9.18 Å². The minimum absolute atomic E-state index is 0.00729. The van der Waals surface area contributed by atoms with Gasteiger partial charge in [-0.05, 0) is 87.8 Å². The first-order chi connectivity index (χ1) is 16.5. The second-order valence-electron chi connectivity index (χ2n) is 9.19. The van der Waals surface area contributed by atoms with Crippen LogP contribution in [-0.2, 0) is 11.3 Å². The molecule has 1 N–H and O–H groups in total. The van der Waals surface area contributed by atoms with Gasteiger partial charge >= 0.3 is 0 Å². The number of fused-ring (bicyclic) bond motifs is 1. The van der Waals surface area contributed by atoms with Crippen LogP contribution in [0.4, 0.5) is 10.1 Å². The molecule has 0 radical (unpaired) electrons. The normalized spacial score (nSPS) is 15.0. The van der Waals surface area contributed by atoms with Crippen LogP contribution in [0.5, 0.6) is 0 Å². The molecule has 1 aliphatic rings. The molecular weight excluding hydrogens is 427 g/mol. The molecule has 0 atom stereocenters. The van der Waals surface area contributed by atoms with E-state index >= 15 is 0 Å². The van der Waals surface area contributed by atoms with Crippen molar-refractivity contribution in [3.05, 3.63) is 89.5 Å². The van der Waals surface area contributed by atoms with E-state index in [0.717, 1.165) is 59.7 Å². The van der Waals surface area contributed by atoms with Gasteiger partial charge in [-0.1, -0.05) is 29.8 Å². The summed E-state index contributed by atoms with van der Waals surface area (Å²) < 4.78 is 15.6. The van der Waals surface area contributed by atoms with Crippen molar-refractivity contribution in [3.63, 3.8) is 0 Å². The smallest absolute Gasteiger partial charge is 0.227 e. The highest BCUT2D eigenvalue weighted by molar-refractivity contribution is 5.93. The lowest BCUT2D eigenvalue weighted by Crippen LogP contribution is -2.38. The van der Waals surface area contributed by atoms with Gasteiger partial charge in [0.1, 0.15) is 11.6 Å².